The summed E-state index contributed by atoms with van der Waals surface area (Å²) >= 11 is 3.32. The summed E-state index contributed by atoms with van der Waals surface area (Å²) < 4.78 is 0.875. The fourth-order valence-electron chi connectivity index (χ4n) is 1.45. The number of carbonyl (C=O) groups is 1. The topological polar surface area (TPSA) is 44.1 Å². The van der Waals surface area contributed by atoms with Crippen LogP contribution in [0.1, 0.15) is 23.7 Å². The van der Waals surface area contributed by atoms with Crippen molar-refractivity contribution < 1.29 is 4.79 Å². The summed E-state index contributed by atoms with van der Waals surface area (Å²) in [5, 5.41) is 8.65. The van der Waals surface area contributed by atoms with Crippen LogP contribution in [0.3, 0.4) is 0 Å². The van der Waals surface area contributed by atoms with Gasteiger partial charge in [-0.2, -0.15) is 5.26 Å². The van der Waals surface area contributed by atoms with Gasteiger partial charge in [0.2, 0.25) is 0 Å². The molecule has 0 amide bonds. The molecule has 1 atom stereocenters. The van der Waals surface area contributed by atoms with Gasteiger partial charge in [-0.1, -0.05) is 15.9 Å². The monoisotopic (exact) mass is 280 g/mol. The molecule has 0 aliphatic rings. The molecule has 0 aliphatic carbocycles. The Kier molecular flexibility index (Phi) is 4.51. The first-order valence-electron chi connectivity index (χ1n) is 4.94. The van der Waals surface area contributed by atoms with Crippen LogP contribution < -0.4 is 4.90 Å². The Morgan fingerprint density at radius 3 is 2.88 bits per heavy atom. The van der Waals surface area contributed by atoms with Crippen molar-refractivity contribution >= 4 is 27.9 Å². The number of nitriles is 1. The first-order valence-corrected chi connectivity index (χ1v) is 5.74. The second kappa shape index (κ2) is 5.66. The lowest BCUT2D eigenvalue weighted by Gasteiger charge is -2.26. The zero-order valence-electron chi connectivity index (χ0n) is 9.27. The van der Waals surface area contributed by atoms with Crippen molar-refractivity contribution in [2.24, 2.45) is 0 Å². The van der Waals surface area contributed by atoms with Gasteiger partial charge in [0.05, 0.1) is 12.5 Å². The number of rotatable bonds is 4. The Morgan fingerprint density at radius 1 is 1.62 bits per heavy atom. The normalized spacial score (nSPS) is 11.6. The van der Waals surface area contributed by atoms with Crippen molar-refractivity contribution in [2.75, 3.05) is 11.9 Å². The number of halogens is 1. The highest BCUT2D eigenvalue weighted by atomic mass is 79.9. The first-order chi connectivity index (χ1) is 7.60. The SMILES string of the molecule is CC(CC#N)N(C)c1ccc(Br)cc1C=O. The average Bonchev–Trinajstić information content (AvgIpc) is 2.28. The molecule has 1 aromatic carbocycles. The molecule has 0 bridgehead atoms. The fourth-order valence-corrected chi connectivity index (χ4v) is 1.83. The van der Waals surface area contributed by atoms with Crippen LogP contribution >= 0.6 is 15.9 Å². The minimum absolute atomic E-state index is 0.0878. The van der Waals surface area contributed by atoms with Crippen LogP contribution in [0, 0.1) is 11.3 Å². The summed E-state index contributed by atoms with van der Waals surface area (Å²) in [5.74, 6) is 0. The van der Waals surface area contributed by atoms with Gasteiger partial charge in [-0.15, -0.1) is 0 Å². The van der Waals surface area contributed by atoms with E-state index >= 15 is 0 Å². The van der Waals surface area contributed by atoms with Crippen LogP contribution in [0.15, 0.2) is 22.7 Å². The molecule has 0 spiro atoms. The number of hydrogen-bond donors (Lipinski definition) is 0. The summed E-state index contributed by atoms with van der Waals surface area (Å²) in [6.07, 6.45) is 1.26. The van der Waals surface area contributed by atoms with Gasteiger partial charge in [-0.05, 0) is 25.1 Å². The molecule has 0 fully saturated rings. The summed E-state index contributed by atoms with van der Waals surface area (Å²) in [4.78, 5) is 12.9. The van der Waals surface area contributed by atoms with Crippen molar-refractivity contribution in [3.05, 3.63) is 28.2 Å². The second-order valence-corrected chi connectivity index (χ2v) is 4.56. The molecule has 0 aromatic heterocycles. The Hall–Kier alpha value is -1.34. The fraction of sp³-hybridized carbons (Fsp3) is 0.333. The average molecular weight is 281 g/mol. The van der Waals surface area contributed by atoms with Gasteiger partial charge in [-0.3, -0.25) is 4.79 Å². The minimum atomic E-state index is 0.0878. The zero-order chi connectivity index (χ0) is 12.1. The summed E-state index contributed by atoms with van der Waals surface area (Å²) in [6.45, 7) is 1.96. The number of nitrogens with zero attached hydrogens (tertiary/aromatic N) is 2. The summed E-state index contributed by atoms with van der Waals surface area (Å²) in [5.41, 5.74) is 1.47. The zero-order valence-corrected chi connectivity index (χ0v) is 10.9. The third-order valence-electron chi connectivity index (χ3n) is 2.54. The molecule has 1 aromatic rings. The van der Waals surface area contributed by atoms with Gasteiger partial charge in [0, 0.05) is 28.8 Å². The molecule has 0 saturated carbocycles. The van der Waals surface area contributed by atoms with E-state index in [1.165, 1.54) is 0 Å². The van der Waals surface area contributed by atoms with E-state index in [1.807, 2.05) is 31.0 Å². The molecule has 16 heavy (non-hydrogen) atoms. The largest absolute Gasteiger partial charge is 0.370 e. The minimum Gasteiger partial charge on any atom is -0.370 e. The van der Waals surface area contributed by atoms with Gasteiger partial charge >= 0.3 is 0 Å². The predicted octanol–water partition coefficient (Wildman–Crippen LogP) is 3.00. The lowest BCUT2D eigenvalue weighted by atomic mass is 10.1. The van der Waals surface area contributed by atoms with Crippen molar-refractivity contribution in [1.29, 1.82) is 5.26 Å². The van der Waals surface area contributed by atoms with Crippen LogP contribution in [0.25, 0.3) is 0 Å². The van der Waals surface area contributed by atoms with Gasteiger partial charge in [0.1, 0.15) is 0 Å². The van der Waals surface area contributed by atoms with Gasteiger partial charge in [0.25, 0.3) is 0 Å². The maximum absolute atomic E-state index is 11.0. The van der Waals surface area contributed by atoms with Crippen LogP contribution in [0.4, 0.5) is 5.69 Å². The Morgan fingerprint density at radius 2 is 2.31 bits per heavy atom. The highest BCUT2D eigenvalue weighted by molar-refractivity contribution is 9.10. The van der Waals surface area contributed by atoms with E-state index in [-0.39, 0.29) is 6.04 Å². The van der Waals surface area contributed by atoms with Gasteiger partial charge in [-0.25, -0.2) is 0 Å². The number of benzene rings is 1. The molecule has 1 unspecified atom stereocenters. The Bertz CT molecular complexity index is 426. The molecule has 0 N–H and O–H groups in total. The van der Waals surface area contributed by atoms with E-state index in [1.54, 1.807) is 6.07 Å². The highest BCUT2D eigenvalue weighted by Crippen LogP contribution is 2.24. The molecular weight excluding hydrogens is 268 g/mol. The number of aldehydes is 1. The van der Waals surface area contributed by atoms with Crippen LogP contribution in [0.5, 0.6) is 0 Å². The molecule has 0 radical (unpaired) electrons. The smallest absolute Gasteiger partial charge is 0.152 e. The van der Waals surface area contributed by atoms with Gasteiger partial charge < -0.3 is 4.90 Å². The van der Waals surface area contributed by atoms with E-state index in [2.05, 4.69) is 22.0 Å². The Labute approximate surface area is 104 Å². The van der Waals surface area contributed by atoms with Crippen molar-refractivity contribution in [3.8, 4) is 6.07 Å². The molecule has 0 saturated heterocycles. The maximum Gasteiger partial charge on any atom is 0.152 e. The third kappa shape index (κ3) is 2.83. The van der Waals surface area contributed by atoms with Crippen LogP contribution in [0.2, 0.25) is 0 Å². The molecule has 4 heteroatoms. The molecular formula is C12H13BrN2O. The van der Waals surface area contributed by atoms with E-state index in [0.29, 0.717) is 12.0 Å². The van der Waals surface area contributed by atoms with Crippen LogP contribution in [-0.4, -0.2) is 19.4 Å². The van der Waals surface area contributed by atoms with Crippen molar-refractivity contribution in [3.63, 3.8) is 0 Å². The number of hydrogen-bond acceptors (Lipinski definition) is 3. The standard InChI is InChI=1S/C12H13BrN2O/c1-9(5-6-14)15(2)12-4-3-11(13)7-10(12)8-16/h3-4,7-9H,5H2,1-2H3. The first kappa shape index (κ1) is 12.7. The molecule has 0 heterocycles. The number of carbonyl (C=O) groups excluding carboxylic acids is 1. The molecule has 0 aliphatic heterocycles. The van der Waals surface area contributed by atoms with E-state index in [4.69, 9.17) is 5.26 Å². The summed E-state index contributed by atoms with van der Waals surface area (Å²) in [7, 11) is 1.89. The maximum atomic E-state index is 11.0. The molecule has 3 nitrogen and oxygen atoms in total. The number of anilines is 1. The third-order valence-corrected chi connectivity index (χ3v) is 3.04. The quantitative estimate of drug-likeness (QED) is 0.797. The molecule has 84 valence electrons. The van der Waals surface area contributed by atoms with Crippen LogP contribution in [-0.2, 0) is 0 Å². The van der Waals surface area contributed by atoms with Gasteiger partial charge in [0.15, 0.2) is 6.29 Å². The molecule has 1 rings (SSSR count). The lowest BCUT2D eigenvalue weighted by molar-refractivity contribution is 0.112. The Balaban J connectivity index is 3.03. The lowest BCUT2D eigenvalue weighted by Crippen LogP contribution is -2.29. The second-order valence-electron chi connectivity index (χ2n) is 3.64. The van der Waals surface area contributed by atoms with Crippen molar-refractivity contribution in [2.45, 2.75) is 19.4 Å². The van der Waals surface area contributed by atoms with Crippen molar-refractivity contribution in [1.82, 2.24) is 0 Å². The summed E-state index contributed by atoms with van der Waals surface area (Å²) in [6, 6.07) is 7.75. The van der Waals surface area contributed by atoms with E-state index in [9.17, 15) is 4.79 Å². The van der Waals surface area contributed by atoms with E-state index in [0.717, 1.165) is 16.4 Å². The predicted molar refractivity (Wildman–Crippen MR) is 67.6 cm³/mol. The highest BCUT2D eigenvalue weighted by Gasteiger charge is 2.13. The van der Waals surface area contributed by atoms with E-state index < -0.39 is 0 Å².